The fraction of sp³-hybridized carbons (Fsp3) is 0.500. The van der Waals surface area contributed by atoms with E-state index in [-0.39, 0.29) is 17.3 Å². The van der Waals surface area contributed by atoms with Gasteiger partial charge in [-0.05, 0) is 25.5 Å². The van der Waals surface area contributed by atoms with Gasteiger partial charge in [0.1, 0.15) is 5.56 Å². The predicted molar refractivity (Wildman–Crippen MR) is 82.0 cm³/mol. The van der Waals surface area contributed by atoms with E-state index in [2.05, 4.69) is 17.7 Å². The Morgan fingerprint density at radius 3 is 2.71 bits per heavy atom. The molecule has 1 aromatic rings. The van der Waals surface area contributed by atoms with E-state index in [0.29, 0.717) is 5.69 Å². The Balaban J connectivity index is 2.82. The second-order valence-corrected chi connectivity index (χ2v) is 5.00. The van der Waals surface area contributed by atoms with Gasteiger partial charge in [0.15, 0.2) is 0 Å². The van der Waals surface area contributed by atoms with Gasteiger partial charge in [0, 0.05) is 17.8 Å². The first-order chi connectivity index (χ1) is 9.99. The summed E-state index contributed by atoms with van der Waals surface area (Å²) in [4.78, 5) is 22.6. The van der Waals surface area contributed by atoms with Crippen LogP contribution >= 0.6 is 0 Å². The van der Waals surface area contributed by atoms with Gasteiger partial charge in [-0.2, -0.15) is 0 Å². The Labute approximate surface area is 124 Å². The van der Waals surface area contributed by atoms with Gasteiger partial charge in [-0.3, -0.25) is 20.8 Å². The molecule has 1 unspecified atom stereocenters. The van der Waals surface area contributed by atoms with Crippen molar-refractivity contribution in [3.05, 3.63) is 33.9 Å². The fourth-order valence-corrected chi connectivity index (χ4v) is 2.04. The molecule has 0 aliphatic rings. The molecule has 0 radical (unpaired) electrons. The average molecular weight is 294 g/mol. The summed E-state index contributed by atoms with van der Waals surface area (Å²) >= 11 is 0. The zero-order valence-electron chi connectivity index (χ0n) is 12.4. The highest BCUT2D eigenvalue weighted by molar-refractivity contribution is 5.99. The topological polar surface area (TPSA) is 110 Å². The SMILES string of the molecule is CCCCCC(C)NC(=O)c1cc(NN)ccc1[N+](=O)[O-]. The van der Waals surface area contributed by atoms with E-state index in [1.165, 1.54) is 18.2 Å². The number of nitrogen functional groups attached to an aromatic ring is 1. The molecule has 1 amide bonds. The van der Waals surface area contributed by atoms with E-state index in [1.807, 2.05) is 6.92 Å². The van der Waals surface area contributed by atoms with Crippen LogP contribution in [0.15, 0.2) is 18.2 Å². The summed E-state index contributed by atoms with van der Waals surface area (Å²) in [7, 11) is 0. The molecule has 1 aromatic carbocycles. The molecule has 0 aliphatic carbocycles. The summed E-state index contributed by atoms with van der Waals surface area (Å²) in [6.45, 7) is 4.00. The number of nitro groups is 1. The Kier molecular flexibility index (Phi) is 6.61. The number of hydrogen-bond acceptors (Lipinski definition) is 5. The smallest absolute Gasteiger partial charge is 0.282 e. The number of carbonyl (C=O) groups excluding carboxylic acids is 1. The standard InChI is InChI=1S/C14H22N4O3/c1-3-4-5-6-10(2)16-14(19)12-9-11(17-15)7-8-13(12)18(20)21/h7-10,17H,3-6,15H2,1-2H3,(H,16,19). The van der Waals surface area contributed by atoms with Crippen LogP contribution in [-0.2, 0) is 0 Å². The van der Waals surface area contributed by atoms with Crippen molar-refractivity contribution in [1.82, 2.24) is 5.32 Å². The van der Waals surface area contributed by atoms with Gasteiger partial charge < -0.3 is 10.7 Å². The maximum Gasteiger partial charge on any atom is 0.282 e. The van der Waals surface area contributed by atoms with Crippen LogP contribution in [0.25, 0.3) is 0 Å². The number of unbranched alkanes of at least 4 members (excludes halogenated alkanes) is 2. The lowest BCUT2D eigenvalue weighted by Crippen LogP contribution is -2.33. The summed E-state index contributed by atoms with van der Waals surface area (Å²) in [6.07, 6.45) is 4.08. The first-order valence-corrected chi connectivity index (χ1v) is 7.05. The number of carbonyl (C=O) groups is 1. The molecule has 7 nitrogen and oxygen atoms in total. The van der Waals surface area contributed by atoms with Crippen molar-refractivity contribution in [3.63, 3.8) is 0 Å². The molecule has 116 valence electrons. The van der Waals surface area contributed by atoms with Crippen molar-refractivity contribution >= 4 is 17.3 Å². The molecular weight excluding hydrogens is 272 g/mol. The lowest BCUT2D eigenvalue weighted by molar-refractivity contribution is -0.385. The summed E-state index contributed by atoms with van der Waals surface area (Å²) in [5.41, 5.74) is 2.61. The van der Waals surface area contributed by atoms with E-state index in [1.54, 1.807) is 0 Å². The summed E-state index contributed by atoms with van der Waals surface area (Å²) in [6, 6.07) is 4.08. The van der Waals surface area contributed by atoms with Crippen LogP contribution in [0.5, 0.6) is 0 Å². The average Bonchev–Trinajstić information content (AvgIpc) is 2.46. The maximum atomic E-state index is 12.2. The third-order valence-electron chi connectivity index (χ3n) is 3.22. The summed E-state index contributed by atoms with van der Waals surface area (Å²) in [5, 5.41) is 13.8. The second kappa shape index (κ2) is 8.21. The van der Waals surface area contributed by atoms with E-state index < -0.39 is 10.8 Å². The maximum absolute atomic E-state index is 12.2. The van der Waals surface area contributed by atoms with Gasteiger partial charge in [-0.1, -0.05) is 26.2 Å². The minimum absolute atomic E-state index is 0.0118. The number of amides is 1. The van der Waals surface area contributed by atoms with E-state index in [4.69, 9.17) is 5.84 Å². The van der Waals surface area contributed by atoms with Crippen LogP contribution in [0.1, 0.15) is 49.9 Å². The summed E-state index contributed by atoms with van der Waals surface area (Å²) < 4.78 is 0. The van der Waals surface area contributed by atoms with Crippen LogP contribution in [0.4, 0.5) is 11.4 Å². The van der Waals surface area contributed by atoms with Gasteiger partial charge >= 0.3 is 0 Å². The number of hydrogen-bond donors (Lipinski definition) is 3. The number of nitrogens with two attached hydrogens (primary N) is 1. The molecule has 0 saturated heterocycles. The van der Waals surface area contributed by atoms with Gasteiger partial charge in [0.05, 0.1) is 4.92 Å². The highest BCUT2D eigenvalue weighted by Crippen LogP contribution is 2.22. The van der Waals surface area contributed by atoms with Crippen molar-refractivity contribution in [2.45, 2.75) is 45.6 Å². The number of hydrazine groups is 1. The van der Waals surface area contributed by atoms with E-state index in [0.717, 1.165) is 25.7 Å². The van der Waals surface area contributed by atoms with E-state index >= 15 is 0 Å². The zero-order valence-corrected chi connectivity index (χ0v) is 12.4. The lowest BCUT2D eigenvalue weighted by atomic mass is 10.1. The quantitative estimate of drug-likeness (QED) is 0.295. The Hall–Kier alpha value is -2.15. The van der Waals surface area contributed by atoms with Crippen LogP contribution < -0.4 is 16.6 Å². The van der Waals surface area contributed by atoms with Crippen molar-refractivity contribution in [1.29, 1.82) is 0 Å². The number of anilines is 1. The Morgan fingerprint density at radius 2 is 2.14 bits per heavy atom. The molecule has 0 heterocycles. The fourth-order valence-electron chi connectivity index (χ4n) is 2.04. The molecule has 0 bridgehead atoms. The van der Waals surface area contributed by atoms with Crippen LogP contribution in [0.2, 0.25) is 0 Å². The van der Waals surface area contributed by atoms with Crippen molar-refractivity contribution in [2.75, 3.05) is 5.43 Å². The third-order valence-corrected chi connectivity index (χ3v) is 3.22. The number of rotatable bonds is 8. The first kappa shape index (κ1) is 16.9. The summed E-state index contributed by atoms with van der Waals surface area (Å²) in [5.74, 6) is 4.82. The van der Waals surface area contributed by atoms with Gasteiger partial charge in [-0.15, -0.1) is 0 Å². The largest absolute Gasteiger partial charge is 0.349 e. The second-order valence-electron chi connectivity index (χ2n) is 5.00. The Morgan fingerprint density at radius 1 is 1.43 bits per heavy atom. The molecule has 0 spiro atoms. The van der Waals surface area contributed by atoms with Gasteiger partial charge in [0.25, 0.3) is 11.6 Å². The van der Waals surface area contributed by atoms with Crippen LogP contribution in [0.3, 0.4) is 0 Å². The Bertz CT molecular complexity index is 505. The molecule has 0 aliphatic heterocycles. The minimum atomic E-state index is -0.572. The first-order valence-electron chi connectivity index (χ1n) is 7.05. The normalized spacial score (nSPS) is 11.8. The molecule has 21 heavy (non-hydrogen) atoms. The van der Waals surface area contributed by atoms with Gasteiger partial charge in [0.2, 0.25) is 0 Å². The van der Waals surface area contributed by atoms with Crippen LogP contribution in [-0.4, -0.2) is 16.9 Å². The van der Waals surface area contributed by atoms with E-state index in [9.17, 15) is 14.9 Å². The molecule has 1 rings (SSSR count). The zero-order chi connectivity index (χ0) is 15.8. The van der Waals surface area contributed by atoms with Crippen molar-refractivity contribution in [3.8, 4) is 0 Å². The highest BCUT2D eigenvalue weighted by Gasteiger charge is 2.21. The number of nitrogens with zero attached hydrogens (tertiary/aromatic N) is 1. The minimum Gasteiger partial charge on any atom is -0.349 e. The van der Waals surface area contributed by atoms with Crippen molar-refractivity contribution in [2.24, 2.45) is 5.84 Å². The molecule has 0 saturated carbocycles. The molecule has 1 atom stereocenters. The van der Waals surface area contributed by atoms with Gasteiger partial charge in [-0.25, -0.2) is 0 Å². The number of nitro benzene ring substituents is 1. The van der Waals surface area contributed by atoms with Crippen molar-refractivity contribution < 1.29 is 9.72 Å². The molecular formula is C14H22N4O3. The predicted octanol–water partition coefficient (Wildman–Crippen LogP) is 2.58. The lowest BCUT2D eigenvalue weighted by Gasteiger charge is -2.14. The number of nitrogens with one attached hydrogen (secondary N) is 2. The monoisotopic (exact) mass is 294 g/mol. The third kappa shape index (κ3) is 5.03. The highest BCUT2D eigenvalue weighted by atomic mass is 16.6. The molecule has 0 aromatic heterocycles. The molecule has 0 fully saturated rings. The van der Waals surface area contributed by atoms with Crippen LogP contribution in [0, 0.1) is 10.1 Å². The number of benzene rings is 1. The molecule has 7 heteroatoms. The molecule has 4 N–H and O–H groups in total.